The van der Waals surface area contributed by atoms with Crippen molar-refractivity contribution >= 4 is 76.7 Å². The summed E-state index contributed by atoms with van der Waals surface area (Å²) in [7, 11) is 0. The van der Waals surface area contributed by atoms with Crippen molar-refractivity contribution in [2.45, 2.75) is 25.7 Å². The van der Waals surface area contributed by atoms with Crippen LogP contribution in [0.4, 0.5) is 0 Å². The molecule has 0 fully saturated rings. The zero-order chi connectivity index (χ0) is 41.4. The minimum absolute atomic E-state index is 0.677. The number of nitrogens with zero attached hydrogens (tertiary/aromatic N) is 5. The molecule has 6 nitrogen and oxygen atoms in total. The topological polar surface area (TPSA) is 61.7 Å². The maximum absolute atomic E-state index is 6.60. The van der Waals surface area contributed by atoms with Crippen molar-refractivity contribution in [2.75, 3.05) is 0 Å². The molecule has 0 amide bonds. The summed E-state index contributed by atoms with van der Waals surface area (Å²) in [5, 5.41) is 6.98. The number of hydrogen-bond donors (Lipinski definition) is 0. The maximum Gasteiger partial charge on any atom is 0.164 e. The van der Waals surface area contributed by atoms with Crippen molar-refractivity contribution in [3.8, 4) is 33.9 Å². The predicted octanol–water partition coefficient (Wildman–Crippen LogP) is 14.8. The van der Waals surface area contributed by atoms with Crippen LogP contribution in [0.1, 0.15) is 37.3 Å². The van der Waals surface area contributed by atoms with Gasteiger partial charge < -0.3 is 13.6 Å². The molecule has 0 atom stereocenters. The Kier molecular flexibility index (Phi) is 8.06. The second-order valence-electron chi connectivity index (χ2n) is 16.6. The van der Waals surface area contributed by atoms with Crippen LogP contribution < -0.4 is 0 Å². The molecule has 0 unspecified atom stereocenters. The van der Waals surface area contributed by atoms with Crippen LogP contribution in [0, 0.1) is 0 Å². The molecule has 6 heteroatoms. The lowest BCUT2D eigenvalue weighted by Crippen LogP contribution is -2.05. The van der Waals surface area contributed by atoms with Gasteiger partial charge in [-0.05, 0) is 104 Å². The van der Waals surface area contributed by atoms with E-state index in [2.05, 4.69) is 191 Å². The molecule has 4 aromatic heterocycles. The van der Waals surface area contributed by atoms with Crippen LogP contribution in [0.3, 0.4) is 0 Å². The first kappa shape index (κ1) is 35.6. The van der Waals surface area contributed by atoms with Crippen molar-refractivity contribution in [2.24, 2.45) is 0 Å². The number of para-hydroxylation sites is 3. The van der Waals surface area contributed by atoms with E-state index >= 15 is 0 Å². The fourth-order valence-corrected chi connectivity index (χ4v) is 9.88. The summed E-state index contributed by atoms with van der Waals surface area (Å²) in [6, 6.07) is 54.5. The van der Waals surface area contributed by atoms with E-state index in [1.807, 2.05) is 6.07 Å². The SMILES string of the molecule is C1=CC(c2nc(C3=CCCC=C3)nc(-c3cccc(-c4cccc(-n5c6ccccc6c6cc(-n7c8ccccc8c8c9oc%10ccccc%10c9ccc87)ccc65)c4)c3)n2)=CCC1. The first-order chi connectivity index (χ1) is 31.2. The molecule has 13 rings (SSSR count). The fourth-order valence-electron chi connectivity index (χ4n) is 9.88. The highest BCUT2D eigenvalue weighted by Gasteiger charge is 2.21. The van der Waals surface area contributed by atoms with E-state index < -0.39 is 0 Å². The zero-order valence-corrected chi connectivity index (χ0v) is 34.4. The van der Waals surface area contributed by atoms with Crippen LogP contribution in [0.15, 0.2) is 193 Å². The molecule has 11 aromatic rings. The van der Waals surface area contributed by atoms with Crippen molar-refractivity contribution in [1.82, 2.24) is 24.1 Å². The summed E-state index contributed by atoms with van der Waals surface area (Å²) in [6.07, 6.45) is 17.2. The Bertz CT molecular complexity index is 3760. The van der Waals surface area contributed by atoms with E-state index in [0.29, 0.717) is 5.82 Å². The van der Waals surface area contributed by atoms with Gasteiger partial charge in [-0.25, -0.2) is 15.0 Å². The normalized spacial score (nSPS) is 14.2. The van der Waals surface area contributed by atoms with Crippen molar-refractivity contribution < 1.29 is 4.42 Å². The van der Waals surface area contributed by atoms with Crippen LogP contribution in [-0.2, 0) is 0 Å². The van der Waals surface area contributed by atoms with Crippen LogP contribution >= 0.6 is 0 Å². The Morgan fingerprint density at radius 3 is 1.75 bits per heavy atom. The van der Waals surface area contributed by atoms with Crippen LogP contribution in [-0.4, -0.2) is 24.1 Å². The lowest BCUT2D eigenvalue weighted by molar-refractivity contribution is 0.673. The number of allylic oxidation sites excluding steroid dienone is 8. The third kappa shape index (κ3) is 5.75. The fraction of sp³-hybridized carbons (Fsp3) is 0.0702. The van der Waals surface area contributed by atoms with Crippen LogP contribution in [0.25, 0.3) is 111 Å². The average Bonchev–Trinajstić information content (AvgIpc) is 4.02. The lowest BCUT2D eigenvalue weighted by Gasteiger charge is -2.13. The second-order valence-corrected chi connectivity index (χ2v) is 16.6. The number of rotatable bonds is 6. The Labute approximate surface area is 363 Å². The Balaban J connectivity index is 0.931. The summed E-state index contributed by atoms with van der Waals surface area (Å²) < 4.78 is 11.4. The van der Waals surface area contributed by atoms with Crippen LogP contribution in [0.5, 0.6) is 0 Å². The average molecular weight is 810 g/mol. The van der Waals surface area contributed by atoms with Gasteiger partial charge in [0, 0.05) is 55.0 Å². The van der Waals surface area contributed by atoms with Gasteiger partial charge in [-0.1, -0.05) is 121 Å². The number of benzene rings is 7. The summed E-state index contributed by atoms with van der Waals surface area (Å²) in [5.41, 5.74) is 13.9. The van der Waals surface area contributed by atoms with Gasteiger partial charge in [0.2, 0.25) is 0 Å². The molecule has 0 bridgehead atoms. The predicted molar refractivity (Wildman–Crippen MR) is 259 cm³/mol. The summed E-state index contributed by atoms with van der Waals surface area (Å²) >= 11 is 0. The third-order valence-corrected chi connectivity index (χ3v) is 12.8. The number of aromatic nitrogens is 5. The standard InChI is InChI=1S/C57H39N5O/c1-3-15-36(16-4-1)55-58-56(37-17-5-2-6-18-37)60-57(59-55)40-21-13-19-38(33-40)39-20-14-22-41(34-39)61-48-26-10-7-23-43(48)47-35-42(29-31-50(47)61)62-49-27-11-8-25-46(49)53-51(62)32-30-45-44-24-9-12-28-52(44)63-54(45)53/h3,5,7-35H,1-2,4,6H2. The van der Waals surface area contributed by atoms with Gasteiger partial charge in [0.25, 0.3) is 0 Å². The second kappa shape index (κ2) is 14.3. The van der Waals surface area contributed by atoms with Gasteiger partial charge >= 0.3 is 0 Å². The summed E-state index contributed by atoms with van der Waals surface area (Å²) in [6.45, 7) is 0. The van der Waals surface area contributed by atoms with E-state index in [0.717, 1.165) is 126 Å². The molecule has 2 aliphatic carbocycles. The molecule has 0 radical (unpaired) electrons. The molecule has 7 aromatic carbocycles. The molecule has 0 N–H and O–H groups in total. The molecule has 298 valence electrons. The highest BCUT2D eigenvalue weighted by molar-refractivity contribution is 6.24. The highest BCUT2D eigenvalue weighted by atomic mass is 16.3. The van der Waals surface area contributed by atoms with Crippen molar-refractivity contribution in [3.63, 3.8) is 0 Å². The summed E-state index contributed by atoms with van der Waals surface area (Å²) in [4.78, 5) is 15.1. The van der Waals surface area contributed by atoms with E-state index in [9.17, 15) is 0 Å². The molecule has 2 aliphatic rings. The molecular formula is C57H39N5O. The van der Waals surface area contributed by atoms with Gasteiger partial charge in [-0.15, -0.1) is 0 Å². The molecule has 0 aliphatic heterocycles. The smallest absolute Gasteiger partial charge is 0.164 e. The van der Waals surface area contributed by atoms with Gasteiger partial charge in [0.1, 0.15) is 11.2 Å². The quantitative estimate of drug-likeness (QED) is 0.168. The Hall–Kier alpha value is -8.09. The van der Waals surface area contributed by atoms with Gasteiger partial charge in [-0.3, -0.25) is 0 Å². The van der Waals surface area contributed by atoms with Crippen LogP contribution in [0.2, 0.25) is 0 Å². The minimum Gasteiger partial charge on any atom is -0.455 e. The summed E-state index contributed by atoms with van der Waals surface area (Å²) in [5.74, 6) is 2.11. The van der Waals surface area contributed by atoms with E-state index in [4.69, 9.17) is 19.4 Å². The molecule has 0 saturated carbocycles. The Morgan fingerprint density at radius 1 is 0.397 bits per heavy atom. The van der Waals surface area contributed by atoms with Crippen molar-refractivity contribution in [1.29, 1.82) is 0 Å². The Morgan fingerprint density at radius 2 is 0.984 bits per heavy atom. The largest absolute Gasteiger partial charge is 0.455 e. The molecule has 63 heavy (non-hydrogen) atoms. The number of hydrogen-bond acceptors (Lipinski definition) is 4. The molecule has 0 saturated heterocycles. The van der Waals surface area contributed by atoms with E-state index in [1.165, 1.54) is 16.2 Å². The monoisotopic (exact) mass is 809 g/mol. The van der Waals surface area contributed by atoms with Gasteiger partial charge in [0.05, 0.1) is 27.5 Å². The van der Waals surface area contributed by atoms with Gasteiger partial charge in [-0.2, -0.15) is 0 Å². The van der Waals surface area contributed by atoms with E-state index in [1.54, 1.807) is 0 Å². The number of fused-ring (bicyclic) bond motifs is 10. The minimum atomic E-state index is 0.677. The third-order valence-electron chi connectivity index (χ3n) is 12.8. The first-order valence-corrected chi connectivity index (χ1v) is 21.8. The lowest BCUT2D eigenvalue weighted by atomic mass is 10.0. The molecule has 4 heterocycles. The number of furan rings is 1. The first-order valence-electron chi connectivity index (χ1n) is 21.8. The zero-order valence-electron chi connectivity index (χ0n) is 34.4. The maximum atomic E-state index is 6.60. The molecular weight excluding hydrogens is 771 g/mol. The molecule has 0 spiro atoms. The van der Waals surface area contributed by atoms with E-state index in [-0.39, 0.29) is 0 Å². The highest BCUT2D eigenvalue weighted by Crippen LogP contribution is 2.42. The van der Waals surface area contributed by atoms with Gasteiger partial charge in [0.15, 0.2) is 17.5 Å². The van der Waals surface area contributed by atoms with Crippen molar-refractivity contribution in [3.05, 3.63) is 200 Å².